The van der Waals surface area contributed by atoms with Gasteiger partial charge in [0, 0.05) is 6.20 Å². The van der Waals surface area contributed by atoms with Crippen LogP contribution in [0.15, 0.2) is 24.4 Å². The molecule has 2 fully saturated rings. The van der Waals surface area contributed by atoms with Gasteiger partial charge >= 0.3 is 6.03 Å². The highest BCUT2D eigenvalue weighted by Gasteiger charge is 2.55. The van der Waals surface area contributed by atoms with E-state index in [0.717, 1.165) is 24.2 Å². The summed E-state index contributed by atoms with van der Waals surface area (Å²) in [5, 5.41) is 13.6. The van der Waals surface area contributed by atoms with Gasteiger partial charge < -0.3 is 10.6 Å². The molecule has 1 aliphatic heterocycles. The van der Waals surface area contributed by atoms with E-state index in [9.17, 15) is 14.4 Å². The van der Waals surface area contributed by atoms with E-state index in [1.165, 1.54) is 0 Å². The molecule has 2 atom stereocenters. The van der Waals surface area contributed by atoms with Crippen molar-refractivity contribution in [1.29, 1.82) is 0 Å². The van der Waals surface area contributed by atoms with E-state index >= 15 is 0 Å². The third-order valence-electron chi connectivity index (χ3n) is 5.63. The summed E-state index contributed by atoms with van der Waals surface area (Å²) in [6, 6.07) is 5.03. The Labute approximate surface area is 156 Å². The number of urea groups is 1. The van der Waals surface area contributed by atoms with Gasteiger partial charge in [-0.05, 0) is 30.9 Å². The standard InChI is InChI=1S/C18H22N6O3/c1-12-6-2-4-8-18(12)16(26)24(17(27)20-18)11-15(25)19-10-14-22-21-13-7-3-5-9-23(13)14/h3,5,7,9,12H,2,4,6,8,10-11H2,1H3,(H,19,25)(H,20,27). The summed E-state index contributed by atoms with van der Waals surface area (Å²) in [5.74, 6) is -0.0545. The summed E-state index contributed by atoms with van der Waals surface area (Å²) in [6.45, 7) is 1.85. The highest BCUT2D eigenvalue weighted by molar-refractivity contribution is 6.09. The quantitative estimate of drug-likeness (QED) is 0.776. The number of carbonyl (C=O) groups excluding carboxylic acids is 3. The summed E-state index contributed by atoms with van der Waals surface area (Å²) < 4.78 is 1.77. The Morgan fingerprint density at radius 3 is 3.00 bits per heavy atom. The molecule has 4 rings (SSSR count). The lowest BCUT2D eigenvalue weighted by molar-refractivity contribution is -0.137. The van der Waals surface area contributed by atoms with Gasteiger partial charge in [0.05, 0.1) is 6.54 Å². The lowest BCUT2D eigenvalue weighted by Crippen LogP contribution is -2.54. The maximum Gasteiger partial charge on any atom is 0.325 e. The second-order valence-electron chi connectivity index (χ2n) is 7.26. The van der Waals surface area contributed by atoms with Crippen molar-refractivity contribution in [2.45, 2.75) is 44.7 Å². The van der Waals surface area contributed by atoms with E-state index in [0.29, 0.717) is 17.9 Å². The molecule has 0 aromatic carbocycles. The van der Waals surface area contributed by atoms with Crippen LogP contribution < -0.4 is 10.6 Å². The minimum atomic E-state index is -0.848. The number of nitrogens with one attached hydrogen (secondary N) is 2. The van der Waals surface area contributed by atoms with Crippen LogP contribution in [0, 0.1) is 5.92 Å². The fraction of sp³-hybridized carbons (Fsp3) is 0.500. The number of rotatable bonds is 4. The lowest BCUT2D eigenvalue weighted by atomic mass is 9.73. The molecule has 2 aromatic heterocycles. The Hall–Kier alpha value is -2.97. The number of pyridine rings is 1. The van der Waals surface area contributed by atoms with Gasteiger partial charge in [-0.2, -0.15) is 0 Å². The van der Waals surface area contributed by atoms with Gasteiger partial charge in [-0.25, -0.2) is 4.79 Å². The molecule has 2 unspecified atom stereocenters. The summed E-state index contributed by atoms with van der Waals surface area (Å²) >= 11 is 0. The zero-order chi connectivity index (χ0) is 19.0. The van der Waals surface area contributed by atoms with E-state index in [2.05, 4.69) is 20.8 Å². The van der Waals surface area contributed by atoms with Crippen LogP contribution in [-0.2, 0) is 16.1 Å². The SMILES string of the molecule is CC1CCCCC12NC(=O)N(CC(=O)NCc1nnc3ccccn13)C2=O. The van der Waals surface area contributed by atoms with Gasteiger partial charge in [0.15, 0.2) is 11.5 Å². The molecule has 9 nitrogen and oxygen atoms in total. The van der Waals surface area contributed by atoms with Gasteiger partial charge in [-0.15, -0.1) is 10.2 Å². The second-order valence-corrected chi connectivity index (χ2v) is 7.26. The van der Waals surface area contributed by atoms with Crippen molar-refractivity contribution in [3.63, 3.8) is 0 Å². The molecule has 27 heavy (non-hydrogen) atoms. The van der Waals surface area contributed by atoms with Crippen molar-refractivity contribution in [2.75, 3.05) is 6.54 Å². The van der Waals surface area contributed by atoms with Gasteiger partial charge in [0.1, 0.15) is 12.1 Å². The number of aromatic nitrogens is 3. The molecule has 142 valence electrons. The minimum Gasteiger partial charge on any atom is -0.347 e. The van der Waals surface area contributed by atoms with Crippen molar-refractivity contribution >= 4 is 23.5 Å². The Morgan fingerprint density at radius 1 is 1.33 bits per heavy atom. The first-order valence-electron chi connectivity index (χ1n) is 9.21. The van der Waals surface area contributed by atoms with Crippen LogP contribution in [0.25, 0.3) is 5.65 Å². The molecule has 1 spiro atoms. The molecule has 2 aliphatic rings. The number of carbonyl (C=O) groups is 3. The molecule has 4 amide bonds. The minimum absolute atomic E-state index is 0.0677. The van der Waals surface area contributed by atoms with E-state index < -0.39 is 17.5 Å². The third kappa shape index (κ3) is 2.92. The molecular weight excluding hydrogens is 348 g/mol. The third-order valence-corrected chi connectivity index (χ3v) is 5.63. The van der Waals surface area contributed by atoms with E-state index in [1.807, 2.05) is 31.3 Å². The molecule has 3 heterocycles. The number of amides is 4. The monoisotopic (exact) mass is 370 g/mol. The first-order valence-corrected chi connectivity index (χ1v) is 9.21. The summed E-state index contributed by atoms with van der Waals surface area (Å²) in [7, 11) is 0. The number of hydrogen-bond acceptors (Lipinski definition) is 5. The largest absolute Gasteiger partial charge is 0.347 e. The van der Waals surface area contributed by atoms with Gasteiger partial charge in [0.2, 0.25) is 5.91 Å². The number of hydrogen-bond donors (Lipinski definition) is 2. The summed E-state index contributed by atoms with van der Waals surface area (Å²) in [6.07, 6.45) is 5.28. The number of imide groups is 1. The van der Waals surface area contributed by atoms with Gasteiger partial charge in [-0.1, -0.05) is 25.8 Å². The van der Waals surface area contributed by atoms with Crippen molar-refractivity contribution in [3.8, 4) is 0 Å². The predicted molar refractivity (Wildman–Crippen MR) is 95.4 cm³/mol. The molecule has 1 aliphatic carbocycles. The van der Waals surface area contributed by atoms with Crippen LogP contribution in [0.3, 0.4) is 0 Å². The topological polar surface area (TPSA) is 109 Å². The van der Waals surface area contributed by atoms with Crippen LogP contribution in [0.4, 0.5) is 4.79 Å². The predicted octanol–water partition coefficient (Wildman–Crippen LogP) is 0.846. The molecule has 0 radical (unpaired) electrons. The second kappa shape index (κ2) is 6.64. The van der Waals surface area contributed by atoms with Crippen LogP contribution >= 0.6 is 0 Å². The summed E-state index contributed by atoms with van der Waals surface area (Å²) in [4.78, 5) is 38.6. The van der Waals surface area contributed by atoms with Gasteiger partial charge in [0.25, 0.3) is 5.91 Å². The number of nitrogens with zero attached hydrogens (tertiary/aromatic N) is 4. The lowest BCUT2D eigenvalue weighted by Gasteiger charge is -2.36. The number of fused-ring (bicyclic) bond motifs is 1. The molecule has 2 N–H and O–H groups in total. The fourth-order valence-corrected chi connectivity index (χ4v) is 4.03. The van der Waals surface area contributed by atoms with Crippen molar-refractivity contribution in [1.82, 2.24) is 30.1 Å². The highest BCUT2D eigenvalue weighted by atomic mass is 16.2. The van der Waals surface area contributed by atoms with Crippen LogP contribution in [0.1, 0.15) is 38.4 Å². The molecule has 2 aromatic rings. The average Bonchev–Trinajstić information content (AvgIpc) is 3.18. The van der Waals surface area contributed by atoms with Crippen LogP contribution in [0.2, 0.25) is 0 Å². The summed E-state index contributed by atoms with van der Waals surface area (Å²) in [5.41, 5.74) is -0.164. The average molecular weight is 370 g/mol. The zero-order valence-electron chi connectivity index (χ0n) is 15.1. The maximum atomic E-state index is 12.9. The van der Waals surface area contributed by atoms with Crippen LogP contribution in [0.5, 0.6) is 0 Å². The Kier molecular flexibility index (Phi) is 4.29. The van der Waals surface area contributed by atoms with Crippen molar-refractivity contribution < 1.29 is 14.4 Å². The first kappa shape index (κ1) is 17.4. The Balaban J connectivity index is 1.41. The highest BCUT2D eigenvalue weighted by Crippen LogP contribution is 2.38. The maximum absolute atomic E-state index is 12.9. The van der Waals surface area contributed by atoms with Gasteiger partial charge in [-0.3, -0.25) is 18.9 Å². The molecule has 9 heteroatoms. The molecule has 1 saturated heterocycles. The van der Waals surface area contributed by atoms with Crippen molar-refractivity contribution in [2.24, 2.45) is 5.92 Å². The Bertz CT molecular complexity index is 909. The first-order chi connectivity index (χ1) is 13.0. The normalized spacial score (nSPS) is 25.2. The zero-order valence-corrected chi connectivity index (χ0v) is 15.1. The van der Waals surface area contributed by atoms with E-state index in [4.69, 9.17) is 0 Å². The fourth-order valence-electron chi connectivity index (χ4n) is 4.03. The van der Waals surface area contributed by atoms with E-state index in [-0.39, 0.29) is 24.9 Å². The Morgan fingerprint density at radius 2 is 2.19 bits per heavy atom. The molecule has 0 bridgehead atoms. The van der Waals surface area contributed by atoms with Crippen molar-refractivity contribution in [3.05, 3.63) is 30.2 Å². The molecular formula is C18H22N6O3. The van der Waals surface area contributed by atoms with E-state index in [1.54, 1.807) is 4.40 Å². The van der Waals surface area contributed by atoms with Crippen LogP contribution in [-0.4, -0.2) is 49.4 Å². The molecule has 1 saturated carbocycles. The smallest absolute Gasteiger partial charge is 0.325 e.